The Kier molecular flexibility index (Phi) is 3.75. The summed E-state index contributed by atoms with van der Waals surface area (Å²) in [5, 5.41) is 14.0. The number of likely N-dealkylation sites (tertiary alicyclic amines) is 1. The minimum absolute atomic E-state index is 0.0446. The van der Waals surface area contributed by atoms with Crippen LogP contribution in [-0.2, 0) is 0 Å². The fraction of sp³-hybridized carbons (Fsp3) is 0.375. The summed E-state index contributed by atoms with van der Waals surface area (Å²) in [6.45, 7) is 2.55. The van der Waals surface area contributed by atoms with Crippen LogP contribution < -0.4 is 0 Å². The van der Waals surface area contributed by atoms with Crippen LogP contribution in [0.1, 0.15) is 30.3 Å². The van der Waals surface area contributed by atoms with Gasteiger partial charge in [0.15, 0.2) is 5.69 Å². The number of aliphatic hydroxyl groups is 1. The minimum Gasteiger partial charge on any atom is -0.393 e. The number of amides is 1. The summed E-state index contributed by atoms with van der Waals surface area (Å²) < 4.78 is 1.71. The van der Waals surface area contributed by atoms with Crippen molar-refractivity contribution in [2.45, 2.75) is 31.9 Å². The summed E-state index contributed by atoms with van der Waals surface area (Å²) in [4.78, 5) is 14.3. The molecule has 5 heteroatoms. The summed E-state index contributed by atoms with van der Waals surface area (Å²) in [6.07, 6.45) is 2.76. The van der Waals surface area contributed by atoms with Crippen molar-refractivity contribution >= 4 is 5.91 Å². The van der Waals surface area contributed by atoms with Crippen LogP contribution in [0, 0.1) is 0 Å². The number of carbonyl (C=O) groups is 1. The SMILES string of the molecule is C[C@H]1C[C@H](O)CCN1C(=O)c1ccn(-c2ccccc2)n1. The Labute approximate surface area is 123 Å². The highest BCUT2D eigenvalue weighted by molar-refractivity contribution is 5.92. The van der Waals surface area contributed by atoms with Crippen molar-refractivity contribution in [1.82, 2.24) is 14.7 Å². The molecular formula is C16H19N3O2. The van der Waals surface area contributed by atoms with Crippen molar-refractivity contribution in [1.29, 1.82) is 0 Å². The number of piperidine rings is 1. The van der Waals surface area contributed by atoms with Crippen LogP contribution in [-0.4, -0.2) is 44.4 Å². The maximum atomic E-state index is 12.5. The monoisotopic (exact) mass is 285 g/mol. The molecule has 5 nitrogen and oxygen atoms in total. The molecule has 0 aliphatic carbocycles. The summed E-state index contributed by atoms with van der Waals surface area (Å²) in [5.74, 6) is -0.0657. The lowest BCUT2D eigenvalue weighted by molar-refractivity contribution is 0.0360. The number of carbonyl (C=O) groups excluding carboxylic acids is 1. The highest BCUT2D eigenvalue weighted by Gasteiger charge is 2.29. The standard InChI is InChI=1S/C16H19N3O2/c1-12-11-14(20)7-9-18(12)16(21)15-8-10-19(17-15)13-5-3-2-4-6-13/h2-6,8,10,12,14,20H,7,9,11H2,1H3/t12-,14+/m0/s1. The third-order valence-corrected chi connectivity index (χ3v) is 3.94. The van der Waals surface area contributed by atoms with Crippen molar-refractivity contribution in [3.05, 3.63) is 48.3 Å². The molecule has 1 aromatic carbocycles. The van der Waals surface area contributed by atoms with Gasteiger partial charge in [0.2, 0.25) is 0 Å². The molecular weight excluding hydrogens is 266 g/mol. The van der Waals surface area contributed by atoms with Crippen molar-refractivity contribution in [2.75, 3.05) is 6.54 Å². The number of para-hydroxylation sites is 1. The van der Waals surface area contributed by atoms with E-state index in [4.69, 9.17) is 0 Å². The molecule has 21 heavy (non-hydrogen) atoms. The van der Waals surface area contributed by atoms with Crippen LogP contribution >= 0.6 is 0 Å². The van der Waals surface area contributed by atoms with Gasteiger partial charge in [0.1, 0.15) is 0 Å². The zero-order valence-corrected chi connectivity index (χ0v) is 12.0. The third-order valence-electron chi connectivity index (χ3n) is 3.94. The summed E-state index contributed by atoms with van der Waals surface area (Å²) in [5.41, 5.74) is 1.38. The molecule has 1 saturated heterocycles. The molecule has 2 aromatic rings. The van der Waals surface area contributed by atoms with Gasteiger partial charge in [-0.3, -0.25) is 4.79 Å². The van der Waals surface area contributed by atoms with E-state index in [0.29, 0.717) is 25.1 Å². The quantitative estimate of drug-likeness (QED) is 0.916. The zero-order valence-electron chi connectivity index (χ0n) is 12.0. The zero-order chi connectivity index (χ0) is 14.8. The summed E-state index contributed by atoms with van der Waals surface area (Å²) >= 11 is 0. The average molecular weight is 285 g/mol. The Balaban J connectivity index is 1.78. The first kappa shape index (κ1) is 13.8. The number of nitrogens with zero attached hydrogens (tertiary/aromatic N) is 3. The van der Waals surface area contributed by atoms with E-state index in [2.05, 4.69) is 5.10 Å². The molecule has 2 heterocycles. The van der Waals surface area contributed by atoms with Crippen LogP contribution in [0.3, 0.4) is 0 Å². The van der Waals surface area contributed by atoms with Gasteiger partial charge in [-0.25, -0.2) is 4.68 Å². The lowest BCUT2D eigenvalue weighted by Gasteiger charge is -2.35. The molecule has 1 aliphatic rings. The Morgan fingerprint density at radius 1 is 1.29 bits per heavy atom. The summed E-state index contributed by atoms with van der Waals surface area (Å²) in [7, 11) is 0. The van der Waals surface area contributed by atoms with E-state index in [1.165, 1.54) is 0 Å². The van der Waals surface area contributed by atoms with Gasteiger partial charge in [0.05, 0.1) is 11.8 Å². The Morgan fingerprint density at radius 2 is 2.05 bits per heavy atom. The molecule has 1 aliphatic heterocycles. The van der Waals surface area contributed by atoms with E-state index in [1.807, 2.05) is 37.3 Å². The van der Waals surface area contributed by atoms with Gasteiger partial charge < -0.3 is 10.0 Å². The van der Waals surface area contributed by atoms with Crippen LogP contribution in [0.15, 0.2) is 42.6 Å². The maximum absolute atomic E-state index is 12.5. The minimum atomic E-state index is -0.300. The highest BCUT2D eigenvalue weighted by atomic mass is 16.3. The van der Waals surface area contributed by atoms with Crippen molar-refractivity contribution < 1.29 is 9.90 Å². The van der Waals surface area contributed by atoms with Gasteiger partial charge in [-0.15, -0.1) is 0 Å². The first-order chi connectivity index (χ1) is 10.1. The van der Waals surface area contributed by atoms with E-state index >= 15 is 0 Å². The maximum Gasteiger partial charge on any atom is 0.274 e. The number of rotatable bonds is 2. The smallest absolute Gasteiger partial charge is 0.274 e. The second-order valence-electron chi connectivity index (χ2n) is 5.51. The first-order valence-electron chi connectivity index (χ1n) is 7.25. The Bertz CT molecular complexity index is 623. The van der Waals surface area contributed by atoms with Crippen LogP contribution in [0.4, 0.5) is 0 Å². The second kappa shape index (κ2) is 5.69. The van der Waals surface area contributed by atoms with Gasteiger partial charge in [0, 0.05) is 18.8 Å². The molecule has 0 radical (unpaired) electrons. The normalized spacial score (nSPS) is 22.3. The number of benzene rings is 1. The van der Waals surface area contributed by atoms with E-state index in [-0.39, 0.29) is 18.1 Å². The molecule has 1 amide bonds. The van der Waals surface area contributed by atoms with E-state index < -0.39 is 0 Å². The number of hydrogen-bond acceptors (Lipinski definition) is 3. The third kappa shape index (κ3) is 2.83. The Hall–Kier alpha value is -2.14. The first-order valence-corrected chi connectivity index (χ1v) is 7.25. The van der Waals surface area contributed by atoms with Gasteiger partial charge in [-0.2, -0.15) is 5.10 Å². The van der Waals surface area contributed by atoms with Crippen molar-refractivity contribution in [2.24, 2.45) is 0 Å². The van der Waals surface area contributed by atoms with Crippen LogP contribution in [0.25, 0.3) is 5.69 Å². The van der Waals surface area contributed by atoms with Crippen molar-refractivity contribution in [3.63, 3.8) is 0 Å². The number of aliphatic hydroxyl groups excluding tert-OH is 1. The lowest BCUT2D eigenvalue weighted by Crippen LogP contribution is -2.46. The topological polar surface area (TPSA) is 58.4 Å². The van der Waals surface area contributed by atoms with Gasteiger partial charge in [0.25, 0.3) is 5.91 Å². The van der Waals surface area contributed by atoms with Crippen LogP contribution in [0.5, 0.6) is 0 Å². The average Bonchev–Trinajstić information content (AvgIpc) is 2.97. The molecule has 0 saturated carbocycles. The number of hydrogen-bond donors (Lipinski definition) is 1. The largest absolute Gasteiger partial charge is 0.393 e. The highest BCUT2D eigenvalue weighted by Crippen LogP contribution is 2.19. The predicted octanol–water partition coefficient (Wildman–Crippen LogP) is 1.86. The molecule has 110 valence electrons. The van der Waals surface area contributed by atoms with Gasteiger partial charge in [-0.1, -0.05) is 18.2 Å². The Morgan fingerprint density at radius 3 is 2.76 bits per heavy atom. The number of aromatic nitrogens is 2. The molecule has 0 unspecified atom stereocenters. The molecule has 2 atom stereocenters. The summed E-state index contributed by atoms with van der Waals surface area (Å²) in [6, 6.07) is 11.5. The lowest BCUT2D eigenvalue weighted by atomic mass is 10.0. The van der Waals surface area contributed by atoms with Crippen molar-refractivity contribution in [3.8, 4) is 5.69 Å². The molecule has 3 rings (SSSR count). The fourth-order valence-electron chi connectivity index (χ4n) is 2.76. The van der Waals surface area contributed by atoms with E-state index in [9.17, 15) is 9.90 Å². The van der Waals surface area contributed by atoms with E-state index in [1.54, 1.807) is 21.8 Å². The van der Waals surface area contributed by atoms with E-state index in [0.717, 1.165) is 5.69 Å². The molecule has 1 aromatic heterocycles. The van der Waals surface area contributed by atoms with Gasteiger partial charge >= 0.3 is 0 Å². The van der Waals surface area contributed by atoms with Gasteiger partial charge in [-0.05, 0) is 38.0 Å². The molecule has 1 fully saturated rings. The second-order valence-corrected chi connectivity index (χ2v) is 5.51. The molecule has 0 spiro atoms. The van der Waals surface area contributed by atoms with Crippen LogP contribution in [0.2, 0.25) is 0 Å². The molecule has 0 bridgehead atoms. The fourth-order valence-corrected chi connectivity index (χ4v) is 2.76. The molecule has 1 N–H and O–H groups in total. The predicted molar refractivity (Wildman–Crippen MR) is 79.3 cm³/mol.